The molecular weight excluding hydrogens is 188 g/mol. The van der Waals surface area contributed by atoms with Crippen molar-refractivity contribution in [2.24, 2.45) is 0 Å². The molecule has 2 rings (SSSR count). The summed E-state index contributed by atoms with van der Waals surface area (Å²) < 4.78 is 5.51. The van der Waals surface area contributed by atoms with Crippen LogP contribution in [0.4, 0.5) is 0 Å². The zero-order valence-corrected chi connectivity index (χ0v) is 9.15. The van der Waals surface area contributed by atoms with E-state index in [0.717, 1.165) is 26.1 Å². The van der Waals surface area contributed by atoms with Crippen LogP contribution in [-0.4, -0.2) is 30.3 Å². The summed E-state index contributed by atoms with van der Waals surface area (Å²) >= 11 is 0. The summed E-state index contributed by atoms with van der Waals surface area (Å²) in [5.41, 5.74) is 1.35. The van der Waals surface area contributed by atoms with E-state index in [1.165, 1.54) is 5.56 Å². The summed E-state index contributed by atoms with van der Waals surface area (Å²) in [7, 11) is 0. The van der Waals surface area contributed by atoms with Gasteiger partial charge in [0.15, 0.2) is 0 Å². The number of aryl methyl sites for hydroxylation is 1. The molecular formula is C12H18N2O. The molecule has 0 aromatic carbocycles. The molecule has 0 saturated carbocycles. The molecule has 1 aromatic heterocycles. The van der Waals surface area contributed by atoms with Gasteiger partial charge < -0.3 is 10.1 Å². The Bertz CT molecular complexity index is 289. The number of nitrogens with one attached hydrogen (secondary N) is 1. The van der Waals surface area contributed by atoms with Crippen molar-refractivity contribution in [2.45, 2.75) is 31.8 Å². The summed E-state index contributed by atoms with van der Waals surface area (Å²) in [6.45, 7) is 3.85. The molecule has 1 aromatic rings. The standard InChI is InChI=1S/C12H18N2O/c1-10-8-15-9-12(14-10)3-2-11-4-6-13-7-5-11/h4-7,10,12,14H,2-3,8-9H2,1H3. The molecule has 1 N–H and O–H groups in total. The molecule has 82 valence electrons. The molecule has 1 aliphatic rings. The van der Waals surface area contributed by atoms with E-state index in [-0.39, 0.29) is 0 Å². The minimum absolute atomic E-state index is 0.487. The van der Waals surface area contributed by atoms with Gasteiger partial charge in [0.1, 0.15) is 0 Å². The minimum atomic E-state index is 0.487. The van der Waals surface area contributed by atoms with E-state index >= 15 is 0 Å². The summed E-state index contributed by atoms with van der Waals surface area (Å²) in [6.07, 6.45) is 5.93. The second-order valence-corrected chi connectivity index (χ2v) is 4.20. The van der Waals surface area contributed by atoms with Crippen LogP contribution in [0.25, 0.3) is 0 Å². The number of aromatic nitrogens is 1. The summed E-state index contributed by atoms with van der Waals surface area (Å²) in [5.74, 6) is 0. The number of nitrogens with zero attached hydrogens (tertiary/aromatic N) is 1. The van der Waals surface area contributed by atoms with Crippen LogP contribution in [0.2, 0.25) is 0 Å². The fourth-order valence-electron chi connectivity index (χ4n) is 1.94. The van der Waals surface area contributed by atoms with Crippen molar-refractivity contribution in [3.63, 3.8) is 0 Å². The Labute approximate surface area is 90.9 Å². The van der Waals surface area contributed by atoms with E-state index in [4.69, 9.17) is 4.74 Å². The van der Waals surface area contributed by atoms with E-state index in [0.29, 0.717) is 12.1 Å². The Kier molecular flexibility index (Phi) is 3.69. The maximum atomic E-state index is 5.51. The predicted octanol–water partition coefficient (Wildman–Crippen LogP) is 1.39. The van der Waals surface area contributed by atoms with Crippen LogP contribution in [0.15, 0.2) is 24.5 Å². The second kappa shape index (κ2) is 5.24. The Morgan fingerprint density at radius 3 is 2.93 bits per heavy atom. The highest BCUT2D eigenvalue weighted by molar-refractivity contribution is 5.09. The molecule has 0 aliphatic carbocycles. The number of hydrogen-bond acceptors (Lipinski definition) is 3. The minimum Gasteiger partial charge on any atom is -0.378 e. The molecule has 2 heterocycles. The highest BCUT2D eigenvalue weighted by atomic mass is 16.5. The molecule has 1 saturated heterocycles. The first-order chi connectivity index (χ1) is 7.34. The van der Waals surface area contributed by atoms with Crippen molar-refractivity contribution in [1.29, 1.82) is 0 Å². The third kappa shape index (κ3) is 3.29. The quantitative estimate of drug-likeness (QED) is 0.811. The van der Waals surface area contributed by atoms with Crippen LogP contribution >= 0.6 is 0 Å². The SMILES string of the molecule is CC1COCC(CCc2ccncc2)N1. The topological polar surface area (TPSA) is 34.1 Å². The maximum absolute atomic E-state index is 5.51. The molecule has 15 heavy (non-hydrogen) atoms. The van der Waals surface area contributed by atoms with Crippen LogP contribution in [0.3, 0.4) is 0 Å². The van der Waals surface area contributed by atoms with Crippen LogP contribution in [-0.2, 0) is 11.2 Å². The lowest BCUT2D eigenvalue weighted by Crippen LogP contribution is -2.47. The van der Waals surface area contributed by atoms with Crippen molar-refractivity contribution >= 4 is 0 Å². The van der Waals surface area contributed by atoms with Gasteiger partial charge in [0.05, 0.1) is 13.2 Å². The number of ether oxygens (including phenoxy) is 1. The molecule has 0 amide bonds. The molecule has 1 fully saturated rings. The zero-order valence-electron chi connectivity index (χ0n) is 9.15. The smallest absolute Gasteiger partial charge is 0.0620 e. The average Bonchev–Trinajstić information content (AvgIpc) is 2.28. The summed E-state index contributed by atoms with van der Waals surface area (Å²) in [4.78, 5) is 4.01. The van der Waals surface area contributed by atoms with Crippen molar-refractivity contribution in [3.8, 4) is 0 Å². The number of rotatable bonds is 3. The van der Waals surface area contributed by atoms with Gasteiger partial charge in [-0.2, -0.15) is 0 Å². The van der Waals surface area contributed by atoms with Gasteiger partial charge in [0, 0.05) is 24.5 Å². The van der Waals surface area contributed by atoms with Crippen molar-refractivity contribution in [1.82, 2.24) is 10.3 Å². The Morgan fingerprint density at radius 2 is 2.20 bits per heavy atom. The third-order valence-corrected chi connectivity index (χ3v) is 2.74. The number of morpholine rings is 1. The largest absolute Gasteiger partial charge is 0.378 e. The monoisotopic (exact) mass is 206 g/mol. The first kappa shape index (κ1) is 10.6. The van der Waals surface area contributed by atoms with Gasteiger partial charge in [-0.05, 0) is 37.5 Å². The number of hydrogen-bond donors (Lipinski definition) is 1. The van der Waals surface area contributed by atoms with E-state index in [1.807, 2.05) is 12.4 Å². The first-order valence-electron chi connectivity index (χ1n) is 5.57. The Balaban J connectivity index is 1.78. The lowest BCUT2D eigenvalue weighted by Gasteiger charge is -2.28. The van der Waals surface area contributed by atoms with Gasteiger partial charge in [-0.1, -0.05) is 0 Å². The molecule has 2 atom stereocenters. The van der Waals surface area contributed by atoms with Crippen molar-refractivity contribution in [3.05, 3.63) is 30.1 Å². The van der Waals surface area contributed by atoms with Gasteiger partial charge in [-0.25, -0.2) is 0 Å². The molecule has 1 aliphatic heterocycles. The highest BCUT2D eigenvalue weighted by Gasteiger charge is 2.17. The summed E-state index contributed by atoms with van der Waals surface area (Å²) in [5, 5.41) is 3.55. The lowest BCUT2D eigenvalue weighted by atomic mass is 10.1. The Hall–Kier alpha value is -0.930. The van der Waals surface area contributed by atoms with E-state index in [9.17, 15) is 0 Å². The molecule has 0 spiro atoms. The number of pyridine rings is 1. The van der Waals surface area contributed by atoms with E-state index in [2.05, 4.69) is 29.4 Å². The van der Waals surface area contributed by atoms with Crippen LogP contribution in [0, 0.1) is 0 Å². The molecule has 2 unspecified atom stereocenters. The maximum Gasteiger partial charge on any atom is 0.0620 e. The lowest BCUT2D eigenvalue weighted by molar-refractivity contribution is 0.0483. The van der Waals surface area contributed by atoms with Gasteiger partial charge in [-0.15, -0.1) is 0 Å². The zero-order chi connectivity index (χ0) is 10.5. The van der Waals surface area contributed by atoms with Gasteiger partial charge in [-0.3, -0.25) is 4.98 Å². The van der Waals surface area contributed by atoms with Gasteiger partial charge in [0.25, 0.3) is 0 Å². The average molecular weight is 206 g/mol. The molecule has 3 nitrogen and oxygen atoms in total. The third-order valence-electron chi connectivity index (χ3n) is 2.74. The molecule has 0 bridgehead atoms. The van der Waals surface area contributed by atoms with Gasteiger partial charge in [0.2, 0.25) is 0 Å². The van der Waals surface area contributed by atoms with Crippen LogP contribution in [0.1, 0.15) is 18.9 Å². The molecule has 3 heteroatoms. The van der Waals surface area contributed by atoms with E-state index in [1.54, 1.807) is 0 Å². The Morgan fingerprint density at radius 1 is 1.40 bits per heavy atom. The fourth-order valence-corrected chi connectivity index (χ4v) is 1.94. The first-order valence-corrected chi connectivity index (χ1v) is 5.57. The second-order valence-electron chi connectivity index (χ2n) is 4.20. The van der Waals surface area contributed by atoms with Crippen LogP contribution < -0.4 is 5.32 Å². The fraction of sp³-hybridized carbons (Fsp3) is 0.583. The molecule has 0 radical (unpaired) electrons. The van der Waals surface area contributed by atoms with Crippen molar-refractivity contribution < 1.29 is 4.74 Å². The summed E-state index contributed by atoms with van der Waals surface area (Å²) in [6, 6.07) is 5.14. The van der Waals surface area contributed by atoms with Gasteiger partial charge >= 0.3 is 0 Å². The van der Waals surface area contributed by atoms with Crippen LogP contribution in [0.5, 0.6) is 0 Å². The van der Waals surface area contributed by atoms with Crippen molar-refractivity contribution in [2.75, 3.05) is 13.2 Å². The predicted molar refractivity (Wildman–Crippen MR) is 59.8 cm³/mol. The highest BCUT2D eigenvalue weighted by Crippen LogP contribution is 2.08. The van der Waals surface area contributed by atoms with E-state index < -0.39 is 0 Å². The normalized spacial score (nSPS) is 26.5.